The number of hydrogen-bond acceptors (Lipinski definition) is 4. The minimum atomic E-state index is -1.54. The highest BCUT2D eigenvalue weighted by Gasteiger charge is 2.14. The fourth-order valence-electron chi connectivity index (χ4n) is 1.10. The van der Waals surface area contributed by atoms with Crippen molar-refractivity contribution < 1.29 is 24.2 Å². The summed E-state index contributed by atoms with van der Waals surface area (Å²) in [4.78, 5) is 25.2. The maximum atomic E-state index is 13.1. The monoisotopic (exact) mass is 242 g/mol. The van der Waals surface area contributed by atoms with Gasteiger partial charge in [0.2, 0.25) is 0 Å². The molecule has 17 heavy (non-hydrogen) atoms. The Morgan fingerprint density at radius 3 is 2.82 bits per heavy atom. The van der Waals surface area contributed by atoms with E-state index in [0.717, 1.165) is 6.20 Å². The van der Waals surface area contributed by atoms with Crippen molar-refractivity contribution in [3.05, 3.63) is 29.8 Å². The number of amides is 1. The summed E-state index contributed by atoms with van der Waals surface area (Å²) in [6.45, 7) is -0.0614. The molecule has 1 aromatic rings. The van der Waals surface area contributed by atoms with E-state index in [2.05, 4.69) is 10.3 Å². The fraction of sp³-hybridized carbons (Fsp3) is 0.300. The number of hydrogen-bond donors (Lipinski definition) is 3. The highest BCUT2D eigenvalue weighted by atomic mass is 19.1. The largest absolute Gasteiger partial charge is 0.479 e. The van der Waals surface area contributed by atoms with Crippen LogP contribution in [0.5, 0.6) is 0 Å². The summed E-state index contributed by atoms with van der Waals surface area (Å²) in [5, 5.41) is 19.6. The van der Waals surface area contributed by atoms with Crippen molar-refractivity contribution in [2.75, 3.05) is 6.54 Å². The van der Waals surface area contributed by atoms with Crippen molar-refractivity contribution in [2.45, 2.75) is 12.5 Å². The molecule has 0 radical (unpaired) electrons. The summed E-state index contributed by atoms with van der Waals surface area (Å²) < 4.78 is 13.1. The second kappa shape index (κ2) is 5.90. The molecule has 7 heteroatoms. The highest BCUT2D eigenvalue weighted by molar-refractivity contribution is 5.94. The maximum Gasteiger partial charge on any atom is 0.332 e. The first-order valence-electron chi connectivity index (χ1n) is 4.81. The Kier molecular flexibility index (Phi) is 4.53. The zero-order chi connectivity index (χ0) is 12.8. The average Bonchev–Trinajstić information content (AvgIpc) is 2.29. The molecule has 0 aromatic carbocycles. The van der Waals surface area contributed by atoms with Crippen molar-refractivity contribution in [2.24, 2.45) is 0 Å². The summed E-state index contributed by atoms with van der Waals surface area (Å²) in [5.74, 6) is -2.80. The molecule has 0 saturated carbocycles. The van der Waals surface area contributed by atoms with Crippen LogP contribution in [-0.4, -0.2) is 39.7 Å². The summed E-state index contributed by atoms with van der Waals surface area (Å²) in [6, 6.07) is 1.21. The predicted octanol–water partition coefficient (Wildman–Crippen LogP) is -0.214. The van der Waals surface area contributed by atoms with Gasteiger partial charge in [0.1, 0.15) is 0 Å². The van der Waals surface area contributed by atoms with Crippen LogP contribution in [0, 0.1) is 5.82 Å². The van der Waals surface area contributed by atoms with E-state index in [-0.39, 0.29) is 18.5 Å². The summed E-state index contributed by atoms with van der Waals surface area (Å²) >= 11 is 0. The van der Waals surface area contributed by atoms with Gasteiger partial charge in [-0.3, -0.25) is 9.78 Å². The average molecular weight is 242 g/mol. The summed E-state index contributed by atoms with van der Waals surface area (Å²) in [7, 11) is 0. The minimum absolute atomic E-state index is 0.0614. The van der Waals surface area contributed by atoms with Gasteiger partial charge in [-0.25, -0.2) is 9.18 Å². The predicted molar refractivity (Wildman–Crippen MR) is 54.8 cm³/mol. The Bertz CT molecular complexity index is 425. The highest BCUT2D eigenvalue weighted by Crippen LogP contribution is 2.03. The smallest absolute Gasteiger partial charge is 0.332 e. The number of carboxylic acid groups (broad SMARTS) is 1. The van der Waals surface area contributed by atoms with E-state index in [1.54, 1.807) is 0 Å². The van der Waals surface area contributed by atoms with Crippen LogP contribution >= 0.6 is 0 Å². The van der Waals surface area contributed by atoms with Crippen molar-refractivity contribution in [3.8, 4) is 0 Å². The summed E-state index contributed by atoms with van der Waals surface area (Å²) in [6.07, 6.45) is 0.483. The lowest BCUT2D eigenvalue weighted by molar-refractivity contribution is -0.146. The molecule has 0 fully saturated rings. The van der Waals surface area contributed by atoms with Gasteiger partial charge in [-0.2, -0.15) is 0 Å². The minimum Gasteiger partial charge on any atom is -0.479 e. The maximum absolute atomic E-state index is 13.1. The molecule has 1 rings (SSSR count). The van der Waals surface area contributed by atoms with Gasteiger partial charge in [-0.1, -0.05) is 0 Å². The number of nitrogens with zero attached hydrogens (tertiary/aromatic N) is 1. The van der Waals surface area contributed by atoms with E-state index in [0.29, 0.717) is 0 Å². The third-order valence-electron chi connectivity index (χ3n) is 2.01. The molecule has 3 N–H and O–H groups in total. The lowest BCUT2D eigenvalue weighted by Crippen LogP contribution is -2.30. The number of aliphatic hydroxyl groups is 1. The van der Waals surface area contributed by atoms with Crippen molar-refractivity contribution in [1.29, 1.82) is 0 Å². The fourth-order valence-corrected chi connectivity index (χ4v) is 1.10. The Labute approximate surface area is 96.1 Å². The number of nitrogens with one attached hydrogen (secondary N) is 1. The van der Waals surface area contributed by atoms with E-state index < -0.39 is 23.8 Å². The first kappa shape index (κ1) is 13.0. The molecule has 0 unspecified atom stereocenters. The quantitative estimate of drug-likeness (QED) is 0.663. The van der Waals surface area contributed by atoms with Crippen molar-refractivity contribution in [1.82, 2.24) is 10.3 Å². The second-order valence-corrected chi connectivity index (χ2v) is 3.25. The van der Waals surface area contributed by atoms with Gasteiger partial charge in [-0.05, 0) is 6.07 Å². The number of carbonyl (C=O) groups is 2. The van der Waals surface area contributed by atoms with E-state index >= 15 is 0 Å². The van der Waals surface area contributed by atoms with Crippen LogP contribution in [0.25, 0.3) is 0 Å². The number of aliphatic hydroxyl groups excluding tert-OH is 1. The molecule has 1 atom stereocenters. The van der Waals surface area contributed by atoms with E-state index in [1.165, 1.54) is 12.3 Å². The lowest BCUT2D eigenvalue weighted by atomic mass is 10.2. The molecule has 1 amide bonds. The Hall–Kier alpha value is -2.02. The molecule has 92 valence electrons. The Balaban J connectivity index is 2.46. The van der Waals surface area contributed by atoms with Gasteiger partial charge >= 0.3 is 5.97 Å². The molecule has 1 aromatic heterocycles. The van der Waals surface area contributed by atoms with E-state index in [4.69, 9.17) is 10.2 Å². The lowest BCUT2D eigenvalue weighted by Gasteiger charge is -2.07. The van der Waals surface area contributed by atoms with Gasteiger partial charge < -0.3 is 15.5 Å². The van der Waals surface area contributed by atoms with E-state index in [1.807, 2.05) is 0 Å². The standard InChI is InChI=1S/C10H11FN2O4/c11-7-5-12-3-1-6(7)9(15)13-4-2-8(14)10(16)17/h1,3,5,8,14H,2,4H2,(H,13,15)(H,16,17)/t8-/m0/s1. The number of aromatic nitrogens is 1. The number of rotatable bonds is 5. The summed E-state index contributed by atoms with van der Waals surface area (Å²) in [5.41, 5.74) is -0.176. The molecular weight excluding hydrogens is 231 g/mol. The van der Waals surface area contributed by atoms with Crippen LogP contribution in [0.4, 0.5) is 4.39 Å². The number of carbonyl (C=O) groups excluding carboxylic acids is 1. The SMILES string of the molecule is O=C(NCC[C@H](O)C(=O)O)c1ccncc1F. The van der Waals surface area contributed by atoms with Crippen molar-refractivity contribution >= 4 is 11.9 Å². The number of halogens is 1. The molecular formula is C10H11FN2O4. The van der Waals surface area contributed by atoms with Crippen LogP contribution < -0.4 is 5.32 Å². The van der Waals surface area contributed by atoms with Crippen LogP contribution in [0.15, 0.2) is 18.5 Å². The first-order chi connectivity index (χ1) is 8.02. The zero-order valence-corrected chi connectivity index (χ0v) is 8.76. The topological polar surface area (TPSA) is 99.5 Å². The molecule has 0 saturated heterocycles. The van der Waals surface area contributed by atoms with E-state index in [9.17, 15) is 14.0 Å². The molecule has 0 bridgehead atoms. The first-order valence-corrected chi connectivity index (χ1v) is 4.81. The van der Waals surface area contributed by atoms with Gasteiger partial charge in [-0.15, -0.1) is 0 Å². The Morgan fingerprint density at radius 1 is 1.53 bits per heavy atom. The molecule has 0 aliphatic rings. The van der Waals surface area contributed by atoms with Crippen LogP contribution in [-0.2, 0) is 4.79 Å². The van der Waals surface area contributed by atoms with Crippen molar-refractivity contribution in [3.63, 3.8) is 0 Å². The zero-order valence-electron chi connectivity index (χ0n) is 8.76. The third-order valence-corrected chi connectivity index (χ3v) is 2.01. The molecule has 1 heterocycles. The molecule has 0 spiro atoms. The van der Waals surface area contributed by atoms with Crippen LogP contribution in [0.2, 0.25) is 0 Å². The normalized spacial score (nSPS) is 11.9. The third kappa shape index (κ3) is 3.80. The Morgan fingerprint density at radius 2 is 2.24 bits per heavy atom. The molecule has 0 aliphatic heterocycles. The van der Waals surface area contributed by atoms with Gasteiger partial charge in [0.05, 0.1) is 11.8 Å². The number of carboxylic acids is 1. The van der Waals surface area contributed by atoms with Crippen LogP contribution in [0.1, 0.15) is 16.8 Å². The van der Waals surface area contributed by atoms with Crippen LogP contribution in [0.3, 0.4) is 0 Å². The van der Waals surface area contributed by atoms with Gasteiger partial charge in [0.15, 0.2) is 11.9 Å². The van der Waals surface area contributed by atoms with Gasteiger partial charge in [0, 0.05) is 19.2 Å². The number of pyridine rings is 1. The molecule has 6 nitrogen and oxygen atoms in total. The molecule has 0 aliphatic carbocycles. The second-order valence-electron chi connectivity index (χ2n) is 3.25. The van der Waals surface area contributed by atoms with Gasteiger partial charge in [0.25, 0.3) is 5.91 Å². The number of aliphatic carboxylic acids is 1.